The van der Waals surface area contributed by atoms with Gasteiger partial charge in [0, 0.05) is 6.42 Å². The quantitative estimate of drug-likeness (QED) is 0.548. The highest BCUT2D eigenvalue weighted by molar-refractivity contribution is 7.86. The molecule has 0 aliphatic carbocycles. The molecule has 13 heavy (non-hydrogen) atoms. The molecule has 1 N–H and O–H groups in total. The van der Waals surface area contributed by atoms with Crippen LogP contribution < -0.4 is 0 Å². The third-order valence-electron chi connectivity index (χ3n) is 1.70. The maximum Gasteiger partial charge on any atom is 0.370 e. The number of unbranched alkanes of at least 4 members (excludes halogenated alkanes) is 3. The monoisotopic (exact) mass is 216 g/mol. The first-order chi connectivity index (χ1) is 5.81. The molecule has 0 aromatic carbocycles. The Morgan fingerprint density at radius 2 is 1.77 bits per heavy atom. The molecule has 0 aliphatic rings. The van der Waals surface area contributed by atoms with Crippen LogP contribution in [0.4, 0.5) is 8.78 Å². The molecular formula is C7H14F2O3S. The molecule has 0 bridgehead atoms. The van der Waals surface area contributed by atoms with Crippen molar-refractivity contribution in [3.05, 3.63) is 0 Å². The highest BCUT2D eigenvalue weighted by Gasteiger charge is 2.42. The number of hydrogen-bond donors (Lipinski definition) is 1. The van der Waals surface area contributed by atoms with E-state index in [9.17, 15) is 17.2 Å². The molecule has 0 saturated heterocycles. The Labute approximate surface area is 76.9 Å². The van der Waals surface area contributed by atoms with Gasteiger partial charge in [-0.15, -0.1) is 0 Å². The second kappa shape index (κ2) is 4.85. The van der Waals surface area contributed by atoms with Crippen LogP contribution in [0.1, 0.15) is 39.0 Å². The Bertz CT molecular complexity index is 236. The molecule has 0 aromatic rings. The van der Waals surface area contributed by atoms with Gasteiger partial charge in [-0.05, 0) is 6.42 Å². The Morgan fingerprint density at radius 3 is 2.15 bits per heavy atom. The Balaban J connectivity index is 3.91. The summed E-state index contributed by atoms with van der Waals surface area (Å²) in [5.74, 6) is 0. The average Bonchev–Trinajstić information content (AvgIpc) is 1.96. The van der Waals surface area contributed by atoms with E-state index in [1.165, 1.54) is 0 Å². The van der Waals surface area contributed by atoms with Gasteiger partial charge in [-0.2, -0.15) is 17.2 Å². The summed E-state index contributed by atoms with van der Waals surface area (Å²) in [5, 5.41) is -3.99. The van der Waals surface area contributed by atoms with Gasteiger partial charge in [0.15, 0.2) is 0 Å². The van der Waals surface area contributed by atoms with Crippen molar-refractivity contribution >= 4 is 10.1 Å². The SMILES string of the molecule is CCCCCCC(F)(F)S(=O)(=O)O. The minimum Gasteiger partial charge on any atom is -0.281 e. The predicted octanol–water partition coefficient (Wildman–Crippen LogP) is 2.44. The molecule has 0 radical (unpaired) electrons. The molecule has 0 heterocycles. The molecule has 0 spiro atoms. The van der Waals surface area contributed by atoms with E-state index in [1.807, 2.05) is 6.92 Å². The number of rotatable bonds is 6. The fourth-order valence-electron chi connectivity index (χ4n) is 0.887. The van der Waals surface area contributed by atoms with Gasteiger partial charge < -0.3 is 0 Å². The van der Waals surface area contributed by atoms with Crippen molar-refractivity contribution in [3.8, 4) is 0 Å². The molecule has 0 aliphatic heterocycles. The van der Waals surface area contributed by atoms with Crippen LogP contribution in [0.5, 0.6) is 0 Å². The summed E-state index contributed by atoms with van der Waals surface area (Å²) in [4.78, 5) is 0. The van der Waals surface area contributed by atoms with E-state index >= 15 is 0 Å². The van der Waals surface area contributed by atoms with Crippen molar-refractivity contribution in [2.24, 2.45) is 0 Å². The van der Waals surface area contributed by atoms with E-state index in [0.717, 1.165) is 12.8 Å². The summed E-state index contributed by atoms with van der Waals surface area (Å²) in [7, 11) is -5.22. The lowest BCUT2D eigenvalue weighted by Crippen LogP contribution is -2.27. The van der Waals surface area contributed by atoms with Crippen LogP contribution in [0.15, 0.2) is 0 Å². The summed E-state index contributed by atoms with van der Waals surface area (Å²) < 4.78 is 53.4. The number of halogens is 2. The average molecular weight is 216 g/mol. The van der Waals surface area contributed by atoms with E-state index in [4.69, 9.17) is 4.55 Å². The van der Waals surface area contributed by atoms with Crippen LogP contribution in [0.2, 0.25) is 0 Å². The Hall–Kier alpha value is -0.230. The zero-order valence-corrected chi connectivity index (χ0v) is 8.28. The molecule has 0 aromatic heterocycles. The maximum absolute atomic E-state index is 12.5. The standard InChI is InChI=1S/C7H14F2O3S/c1-2-3-4-5-6-7(8,9)13(10,11)12/h2-6H2,1H3,(H,10,11,12). The number of hydrogen-bond acceptors (Lipinski definition) is 2. The third kappa shape index (κ3) is 4.52. The lowest BCUT2D eigenvalue weighted by Gasteiger charge is -2.11. The van der Waals surface area contributed by atoms with Crippen molar-refractivity contribution in [3.63, 3.8) is 0 Å². The first-order valence-electron chi connectivity index (χ1n) is 4.16. The van der Waals surface area contributed by atoms with Gasteiger partial charge in [0.05, 0.1) is 0 Å². The van der Waals surface area contributed by atoms with Crippen LogP contribution in [0, 0.1) is 0 Å². The molecule has 0 atom stereocenters. The Kier molecular flexibility index (Phi) is 4.77. The van der Waals surface area contributed by atoms with Gasteiger partial charge in [-0.1, -0.05) is 26.2 Å². The summed E-state index contributed by atoms with van der Waals surface area (Å²) >= 11 is 0. The van der Waals surface area contributed by atoms with Crippen LogP contribution in [-0.4, -0.2) is 18.2 Å². The van der Waals surface area contributed by atoms with Crippen LogP contribution in [-0.2, 0) is 10.1 Å². The molecule has 0 saturated carbocycles. The molecule has 3 nitrogen and oxygen atoms in total. The van der Waals surface area contributed by atoms with Crippen molar-refractivity contribution in [2.45, 2.75) is 44.3 Å². The van der Waals surface area contributed by atoms with Crippen LogP contribution >= 0.6 is 0 Å². The molecule has 0 rings (SSSR count). The lowest BCUT2D eigenvalue weighted by atomic mass is 10.2. The molecule has 6 heteroatoms. The van der Waals surface area contributed by atoms with Crippen molar-refractivity contribution in [1.82, 2.24) is 0 Å². The third-order valence-corrected chi connectivity index (χ3v) is 2.66. The van der Waals surface area contributed by atoms with Crippen LogP contribution in [0.3, 0.4) is 0 Å². The first-order valence-corrected chi connectivity index (χ1v) is 5.60. The van der Waals surface area contributed by atoms with Gasteiger partial charge >= 0.3 is 15.4 Å². The lowest BCUT2D eigenvalue weighted by molar-refractivity contribution is 0.0683. The molecule has 0 amide bonds. The topological polar surface area (TPSA) is 54.4 Å². The second-order valence-corrected chi connectivity index (χ2v) is 4.47. The largest absolute Gasteiger partial charge is 0.370 e. The second-order valence-electron chi connectivity index (χ2n) is 2.92. The minimum atomic E-state index is -5.22. The first kappa shape index (κ1) is 12.8. The van der Waals surface area contributed by atoms with Crippen LogP contribution in [0.25, 0.3) is 0 Å². The van der Waals surface area contributed by atoms with Crippen molar-refractivity contribution in [2.75, 3.05) is 0 Å². The van der Waals surface area contributed by atoms with Crippen molar-refractivity contribution < 1.29 is 21.8 Å². The maximum atomic E-state index is 12.5. The van der Waals surface area contributed by atoms with E-state index in [0.29, 0.717) is 6.42 Å². The van der Waals surface area contributed by atoms with E-state index < -0.39 is 21.8 Å². The van der Waals surface area contributed by atoms with Gasteiger partial charge in [0.2, 0.25) is 0 Å². The number of alkyl halides is 2. The van der Waals surface area contributed by atoms with Gasteiger partial charge in [-0.3, -0.25) is 4.55 Å². The Morgan fingerprint density at radius 1 is 1.23 bits per heavy atom. The normalized spacial score (nSPS) is 13.2. The summed E-state index contributed by atoms with van der Waals surface area (Å²) in [5.41, 5.74) is 0. The highest BCUT2D eigenvalue weighted by atomic mass is 32.2. The van der Waals surface area contributed by atoms with Gasteiger partial charge in [-0.25, -0.2) is 0 Å². The zero-order chi connectivity index (χ0) is 10.5. The zero-order valence-electron chi connectivity index (χ0n) is 7.46. The molecule has 80 valence electrons. The summed E-state index contributed by atoms with van der Waals surface area (Å²) in [6, 6.07) is 0. The van der Waals surface area contributed by atoms with Gasteiger partial charge in [0.1, 0.15) is 0 Å². The van der Waals surface area contributed by atoms with E-state index in [1.54, 1.807) is 0 Å². The molecular weight excluding hydrogens is 202 g/mol. The molecule has 0 unspecified atom stereocenters. The predicted molar refractivity (Wildman–Crippen MR) is 45.3 cm³/mol. The summed E-state index contributed by atoms with van der Waals surface area (Å²) in [6.07, 6.45) is 1.55. The smallest absolute Gasteiger partial charge is 0.281 e. The fraction of sp³-hybridized carbons (Fsp3) is 1.00. The molecule has 0 fully saturated rings. The minimum absolute atomic E-state index is 0.112. The van der Waals surface area contributed by atoms with Crippen molar-refractivity contribution in [1.29, 1.82) is 0 Å². The van der Waals surface area contributed by atoms with E-state index in [2.05, 4.69) is 0 Å². The van der Waals surface area contributed by atoms with Gasteiger partial charge in [0.25, 0.3) is 0 Å². The summed E-state index contributed by atoms with van der Waals surface area (Å²) in [6.45, 7) is 1.92. The van der Waals surface area contributed by atoms with E-state index in [-0.39, 0.29) is 6.42 Å². The fourth-order valence-corrected chi connectivity index (χ4v) is 1.29. The highest BCUT2D eigenvalue weighted by Crippen LogP contribution is 2.27.